The summed E-state index contributed by atoms with van der Waals surface area (Å²) >= 11 is 5.27. The first kappa shape index (κ1) is 22.5. The fraction of sp³-hybridized carbons (Fsp3) is 0.192. The topological polar surface area (TPSA) is 76.4 Å². The summed E-state index contributed by atoms with van der Waals surface area (Å²) in [5, 5.41) is 5.82. The quantitative estimate of drug-likeness (QED) is 0.377. The molecule has 33 heavy (non-hydrogen) atoms. The summed E-state index contributed by atoms with van der Waals surface area (Å²) in [5.41, 5.74) is 7.50. The number of aryl methyl sites for hydroxylation is 4. The van der Waals surface area contributed by atoms with Crippen LogP contribution in [0.25, 0.3) is 22.6 Å². The Hall–Kier alpha value is -3.71. The van der Waals surface area contributed by atoms with E-state index in [-0.39, 0.29) is 17.6 Å². The van der Waals surface area contributed by atoms with Crippen LogP contribution in [-0.2, 0) is 4.79 Å². The molecule has 168 valence electrons. The number of aromatic nitrogens is 1. The zero-order valence-corrected chi connectivity index (χ0v) is 19.8. The molecule has 0 radical (unpaired) electrons. The first-order chi connectivity index (χ1) is 15.8. The van der Waals surface area contributed by atoms with Crippen molar-refractivity contribution in [3.63, 3.8) is 0 Å². The van der Waals surface area contributed by atoms with Crippen molar-refractivity contribution in [2.75, 3.05) is 11.9 Å². The zero-order valence-electron chi connectivity index (χ0n) is 19.0. The maximum absolute atomic E-state index is 12.2. The number of carbonyl (C=O) groups is 1. The van der Waals surface area contributed by atoms with Crippen molar-refractivity contribution in [1.29, 1.82) is 0 Å². The van der Waals surface area contributed by atoms with E-state index >= 15 is 0 Å². The van der Waals surface area contributed by atoms with Gasteiger partial charge in [0.2, 0.25) is 5.89 Å². The summed E-state index contributed by atoms with van der Waals surface area (Å²) < 4.78 is 11.5. The number of thiocarbonyl (C=S) groups is 1. The fourth-order valence-electron chi connectivity index (χ4n) is 3.43. The van der Waals surface area contributed by atoms with Gasteiger partial charge in [0.05, 0.1) is 0 Å². The second-order valence-electron chi connectivity index (χ2n) is 8.06. The van der Waals surface area contributed by atoms with Gasteiger partial charge in [-0.1, -0.05) is 23.8 Å². The predicted octanol–water partition coefficient (Wildman–Crippen LogP) is 5.62. The number of nitrogens with zero attached hydrogens (tertiary/aromatic N) is 1. The number of hydrogen-bond acceptors (Lipinski definition) is 5. The first-order valence-corrected chi connectivity index (χ1v) is 11.0. The Kier molecular flexibility index (Phi) is 6.42. The molecule has 0 fully saturated rings. The Morgan fingerprint density at radius 3 is 2.55 bits per heavy atom. The minimum absolute atomic E-state index is 0.132. The summed E-state index contributed by atoms with van der Waals surface area (Å²) in [5.74, 6) is 0.891. The van der Waals surface area contributed by atoms with Gasteiger partial charge < -0.3 is 14.5 Å². The maximum Gasteiger partial charge on any atom is 0.264 e. The number of ether oxygens (including phenoxy) is 1. The summed E-state index contributed by atoms with van der Waals surface area (Å²) in [6.07, 6.45) is 0. The van der Waals surface area contributed by atoms with E-state index in [0.29, 0.717) is 28.4 Å². The van der Waals surface area contributed by atoms with Gasteiger partial charge in [0.1, 0.15) is 11.3 Å². The van der Waals surface area contributed by atoms with Crippen molar-refractivity contribution in [2.24, 2.45) is 0 Å². The van der Waals surface area contributed by atoms with Crippen LogP contribution in [0.1, 0.15) is 22.3 Å². The Labute approximate surface area is 198 Å². The largest absolute Gasteiger partial charge is 0.483 e. The Balaban J connectivity index is 1.38. The monoisotopic (exact) mass is 459 g/mol. The molecule has 0 aliphatic rings. The van der Waals surface area contributed by atoms with Crippen molar-refractivity contribution >= 4 is 40.0 Å². The smallest absolute Gasteiger partial charge is 0.264 e. The average molecular weight is 460 g/mol. The van der Waals surface area contributed by atoms with Crippen molar-refractivity contribution in [3.8, 4) is 17.2 Å². The highest BCUT2D eigenvalue weighted by molar-refractivity contribution is 7.80. The third kappa shape index (κ3) is 5.38. The molecule has 0 saturated carbocycles. The molecule has 3 aromatic carbocycles. The van der Waals surface area contributed by atoms with E-state index in [2.05, 4.69) is 41.6 Å². The van der Waals surface area contributed by atoms with E-state index < -0.39 is 0 Å². The lowest BCUT2D eigenvalue weighted by molar-refractivity contribution is -0.121. The molecular formula is C26H25N3O3S. The van der Waals surface area contributed by atoms with Gasteiger partial charge in [-0.25, -0.2) is 4.98 Å². The van der Waals surface area contributed by atoms with E-state index in [4.69, 9.17) is 21.4 Å². The number of hydrogen-bond donors (Lipinski definition) is 2. The summed E-state index contributed by atoms with van der Waals surface area (Å²) in [6.45, 7) is 7.95. The third-order valence-electron chi connectivity index (χ3n) is 5.34. The van der Waals surface area contributed by atoms with Gasteiger partial charge in [-0.3, -0.25) is 10.1 Å². The molecule has 4 rings (SSSR count). The number of oxazole rings is 1. The van der Waals surface area contributed by atoms with Crippen LogP contribution in [0.4, 0.5) is 5.69 Å². The number of anilines is 1. The molecule has 0 unspecified atom stereocenters. The molecule has 0 aliphatic carbocycles. The van der Waals surface area contributed by atoms with Gasteiger partial charge in [0.25, 0.3) is 5.91 Å². The average Bonchev–Trinajstić information content (AvgIpc) is 3.18. The number of carbonyl (C=O) groups excluding carboxylic acids is 1. The van der Waals surface area contributed by atoms with Crippen molar-refractivity contribution < 1.29 is 13.9 Å². The zero-order chi connectivity index (χ0) is 23.5. The maximum atomic E-state index is 12.2. The Morgan fingerprint density at radius 1 is 0.970 bits per heavy atom. The highest BCUT2D eigenvalue weighted by Crippen LogP contribution is 2.27. The van der Waals surface area contributed by atoms with Crippen molar-refractivity contribution in [1.82, 2.24) is 10.3 Å². The van der Waals surface area contributed by atoms with Crippen LogP contribution in [0, 0.1) is 27.7 Å². The van der Waals surface area contributed by atoms with Crippen LogP contribution in [0.2, 0.25) is 0 Å². The van der Waals surface area contributed by atoms with E-state index in [1.165, 1.54) is 11.1 Å². The van der Waals surface area contributed by atoms with Crippen molar-refractivity contribution in [2.45, 2.75) is 27.7 Å². The van der Waals surface area contributed by atoms with Crippen LogP contribution < -0.4 is 15.4 Å². The van der Waals surface area contributed by atoms with Crippen LogP contribution in [-0.4, -0.2) is 22.6 Å². The molecule has 0 spiro atoms. The first-order valence-electron chi connectivity index (χ1n) is 10.6. The van der Waals surface area contributed by atoms with Gasteiger partial charge in [-0.2, -0.15) is 0 Å². The fourth-order valence-corrected chi connectivity index (χ4v) is 3.66. The van der Waals surface area contributed by atoms with E-state index in [0.717, 1.165) is 16.7 Å². The van der Waals surface area contributed by atoms with Gasteiger partial charge in [0.15, 0.2) is 17.3 Å². The van der Waals surface area contributed by atoms with Crippen LogP contribution in [0.15, 0.2) is 59.0 Å². The normalized spacial score (nSPS) is 10.8. The number of rotatable bonds is 5. The molecular weight excluding hydrogens is 434 g/mol. The third-order valence-corrected chi connectivity index (χ3v) is 5.55. The van der Waals surface area contributed by atoms with E-state index in [9.17, 15) is 4.79 Å². The number of amides is 1. The molecule has 2 N–H and O–H groups in total. The molecule has 1 aromatic heterocycles. The van der Waals surface area contributed by atoms with Gasteiger partial charge >= 0.3 is 0 Å². The van der Waals surface area contributed by atoms with E-state index in [1.54, 1.807) is 0 Å². The molecule has 0 aliphatic heterocycles. The van der Waals surface area contributed by atoms with Crippen LogP contribution >= 0.6 is 12.2 Å². The second kappa shape index (κ2) is 9.42. The minimum atomic E-state index is -0.341. The highest BCUT2D eigenvalue weighted by Gasteiger charge is 2.11. The van der Waals surface area contributed by atoms with Gasteiger partial charge in [-0.05, 0) is 93.0 Å². The Morgan fingerprint density at radius 2 is 1.79 bits per heavy atom. The van der Waals surface area contributed by atoms with Gasteiger partial charge in [0, 0.05) is 11.3 Å². The summed E-state index contributed by atoms with van der Waals surface area (Å²) in [7, 11) is 0. The lowest BCUT2D eigenvalue weighted by Gasteiger charge is -2.11. The summed E-state index contributed by atoms with van der Waals surface area (Å²) in [6, 6.07) is 17.4. The minimum Gasteiger partial charge on any atom is -0.483 e. The lowest BCUT2D eigenvalue weighted by Crippen LogP contribution is -2.37. The predicted molar refractivity (Wildman–Crippen MR) is 135 cm³/mol. The number of fused-ring (bicyclic) bond motifs is 1. The lowest BCUT2D eigenvalue weighted by atomic mass is 10.1. The van der Waals surface area contributed by atoms with Crippen LogP contribution in [0.5, 0.6) is 5.75 Å². The molecule has 1 amide bonds. The van der Waals surface area contributed by atoms with Gasteiger partial charge in [-0.15, -0.1) is 0 Å². The number of benzene rings is 3. The molecule has 7 heteroatoms. The molecule has 4 aromatic rings. The number of nitrogens with one attached hydrogen (secondary N) is 2. The molecule has 0 atom stereocenters. The van der Waals surface area contributed by atoms with Crippen molar-refractivity contribution in [3.05, 3.63) is 76.9 Å². The molecule has 1 heterocycles. The Bertz CT molecular complexity index is 1360. The molecule has 6 nitrogen and oxygen atoms in total. The van der Waals surface area contributed by atoms with E-state index in [1.807, 2.05) is 56.3 Å². The molecule has 0 saturated heterocycles. The highest BCUT2D eigenvalue weighted by atomic mass is 32.1. The standard InChI is InChI=1S/C26H25N3O3S/c1-15-5-9-22(18(4)11-15)31-14-24(30)29-26(33)27-20-8-10-23-21(13-20)28-25(32-23)19-7-6-16(2)17(3)12-19/h5-13H,14H2,1-4H3,(H2,27,29,30,33). The molecule has 0 bridgehead atoms. The second-order valence-corrected chi connectivity index (χ2v) is 8.47. The van der Waals surface area contributed by atoms with Crippen LogP contribution in [0.3, 0.4) is 0 Å². The summed E-state index contributed by atoms with van der Waals surface area (Å²) in [4.78, 5) is 16.8. The SMILES string of the molecule is Cc1ccc(OCC(=O)NC(=S)Nc2ccc3oc(-c4ccc(C)c(C)c4)nc3c2)c(C)c1.